The zero-order chi connectivity index (χ0) is 25.8. The lowest BCUT2D eigenvalue weighted by Crippen LogP contribution is -2.62. The number of rotatable bonds is 3. The topological polar surface area (TPSA) is 154 Å². The summed E-state index contributed by atoms with van der Waals surface area (Å²) in [6.45, 7) is 1.27. The van der Waals surface area contributed by atoms with Crippen molar-refractivity contribution < 1.29 is 44.6 Å². The zero-order valence-electron chi connectivity index (χ0n) is 19.2. The highest BCUT2D eigenvalue weighted by molar-refractivity contribution is 6.16. The van der Waals surface area contributed by atoms with E-state index in [1.807, 2.05) is 0 Å². The second kappa shape index (κ2) is 8.72. The molecule has 0 bridgehead atoms. The van der Waals surface area contributed by atoms with Crippen LogP contribution in [0.5, 0.6) is 11.5 Å². The smallest absolute Gasteiger partial charge is 0.338 e. The highest BCUT2D eigenvalue weighted by Gasteiger charge is 2.56. The maximum atomic E-state index is 13.2. The molecule has 5 rings (SSSR count). The molecule has 3 aromatic carbocycles. The number of aliphatic hydroxyl groups is 3. The molecule has 5 atom stereocenters. The number of ether oxygens (including phenoxy) is 2. The van der Waals surface area contributed by atoms with Gasteiger partial charge in [-0.15, -0.1) is 0 Å². The predicted octanol–water partition coefficient (Wildman–Crippen LogP) is 1.53. The Hall–Kier alpha value is -3.76. The Morgan fingerprint density at radius 3 is 2.36 bits per heavy atom. The molecule has 1 saturated heterocycles. The second-order valence-electron chi connectivity index (χ2n) is 9.05. The Kier molecular flexibility index (Phi) is 5.80. The van der Waals surface area contributed by atoms with Crippen molar-refractivity contribution in [3.63, 3.8) is 0 Å². The molecule has 1 fully saturated rings. The zero-order valence-corrected chi connectivity index (χ0v) is 19.2. The van der Waals surface area contributed by atoms with Gasteiger partial charge in [-0.1, -0.05) is 36.4 Å². The number of aromatic hydroxyl groups is 2. The fourth-order valence-corrected chi connectivity index (χ4v) is 5.03. The Bertz CT molecular complexity index is 1350. The summed E-state index contributed by atoms with van der Waals surface area (Å²) in [4.78, 5) is 25.7. The molecule has 186 valence electrons. The molecule has 1 aliphatic heterocycles. The summed E-state index contributed by atoms with van der Waals surface area (Å²) in [6, 6.07) is 15.0. The average molecular weight is 492 g/mol. The van der Waals surface area contributed by atoms with Crippen LogP contribution in [0.1, 0.15) is 43.0 Å². The van der Waals surface area contributed by atoms with E-state index in [0.29, 0.717) is 5.56 Å². The van der Waals surface area contributed by atoms with Crippen molar-refractivity contribution in [1.29, 1.82) is 0 Å². The molecule has 1 heterocycles. The molecule has 0 saturated carbocycles. The standard InChI is InChI=1S/C27H24O9/c1-13-10-16-21(18(29)11-13)23(31)20-15(8-5-9-17(20)28)27(16,34)25-24(32)22(30)19(12-35-25)36-26(33)14-6-3-2-4-7-14/h2-11,19,22,24-25,28-30,32,34H,12H2,1H3. The third kappa shape index (κ3) is 3.56. The van der Waals surface area contributed by atoms with Crippen molar-refractivity contribution in [3.8, 4) is 11.5 Å². The van der Waals surface area contributed by atoms with Crippen molar-refractivity contribution in [2.45, 2.75) is 36.9 Å². The van der Waals surface area contributed by atoms with Crippen LogP contribution in [0.3, 0.4) is 0 Å². The number of fused-ring (bicyclic) bond motifs is 2. The Labute approximate surface area is 205 Å². The van der Waals surface area contributed by atoms with E-state index in [-0.39, 0.29) is 34.4 Å². The van der Waals surface area contributed by atoms with Gasteiger partial charge in [-0.25, -0.2) is 4.79 Å². The maximum absolute atomic E-state index is 13.2. The molecule has 0 radical (unpaired) electrons. The molecule has 9 heteroatoms. The maximum Gasteiger partial charge on any atom is 0.338 e. The summed E-state index contributed by atoms with van der Waals surface area (Å²) in [6.07, 6.45) is -6.23. The molecule has 5 unspecified atom stereocenters. The van der Waals surface area contributed by atoms with E-state index in [0.717, 1.165) is 0 Å². The van der Waals surface area contributed by atoms with E-state index in [9.17, 15) is 35.1 Å². The monoisotopic (exact) mass is 492 g/mol. The van der Waals surface area contributed by atoms with Crippen LogP contribution in [0.4, 0.5) is 0 Å². The Morgan fingerprint density at radius 2 is 1.64 bits per heavy atom. The third-order valence-electron chi connectivity index (χ3n) is 6.74. The van der Waals surface area contributed by atoms with E-state index in [1.165, 1.54) is 42.5 Å². The van der Waals surface area contributed by atoms with Gasteiger partial charge in [0.05, 0.1) is 23.3 Å². The molecular formula is C27H24O9. The number of aryl methyl sites for hydroxylation is 1. The van der Waals surface area contributed by atoms with Gasteiger partial charge in [-0.3, -0.25) is 4.79 Å². The number of carbonyl (C=O) groups excluding carboxylic acids is 2. The summed E-state index contributed by atoms with van der Waals surface area (Å²) >= 11 is 0. The van der Waals surface area contributed by atoms with Crippen molar-refractivity contribution in [1.82, 2.24) is 0 Å². The summed E-state index contributed by atoms with van der Waals surface area (Å²) in [5, 5.41) is 55.2. The minimum absolute atomic E-state index is 0.0425. The van der Waals surface area contributed by atoms with Crippen molar-refractivity contribution in [3.05, 3.63) is 94.0 Å². The first-order valence-electron chi connectivity index (χ1n) is 11.3. The summed E-state index contributed by atoms with van der Waals surface area (Å²) in [5.41, 5.74) is -2.10. The fraction of sp³-hybridized carbons (Fsp3) is 0.259. The van der Waals surface area contributed by atoms with Crippen LogP contribution in [0.15, 0.2) is 60.7 Å². The van der Waals surface area contributed by atoms with Crippen LogP contribution >= 0.6 is 0 Å². The number of benzene rings is 3. The van der Waals surface area contributed by atoms with Gasteiger partial charge in [0.15, 0.2) is 6.10 Å². The molecule has 36 heavy (non-hydrogen) atoms. The second-order valence-corrected chi connectivity index (χ2v) is 9.05. The van der Waals surface area contributed by atoms with Gasteiger partial charge in [-0.05, 0) is 36.8 Å². The van der Waals surface area contributed by atoms with Crippen molar-refractivity contribution in [2.75, 3.05) is 6.61 Å². The van der Waals surface area contributed by atoms with Crippen LogP contribution in [-0.4, -0.2) is 68.3 Å². The van der Waals surface area contributed by atoms with Crippen LogP contribution in [-0.2, 0) is 15.1 Å². The number of phenols is 2. The van der Waals surface area contributed by atoms with Crippen LogP contribution in [0, 0.1) is 6.92 Å². The van der Waals surface area contributed by atoms with E-state index in [2.05, 4.69) is 0 Å². The molecule has 5 N–H and O–H groups in total. The van der Waals surface area contributed by atoms with Gasteiger partial charge in [0.1, 0.15) is 35.4 Å². The number of aliphatic hydroxyl groups excluding tert-OH is 2. The molecular weight excluding hydrogens is 468 g/mol. The average Bonchev–Trinajstić information content (AvgIpc) is 2.85. The molecule has 2 aliphatic rings. The molecule has 0 amide bonds. The van der Waals surface area contributed by atoms with Gasteiger partial charge in [0, 0.05) is 11.1 Å². The summed E-state index contributed by atoms with van der Waals surface area (Å²) in [7, 11) is 0. The van der Waals surface area contributed by atoms with Gasteiger partial charge in [0.2, 0.25) is 5.78 Å². The van der Waals surface area contributed by atoms with E-state index < -0.39 is 53.3 Å². The minimum Gasteiger partial charge on any atom is -0.507 e. The number of ketones is 1. The van der Waals surface area contributed by atoms with Crippen LogP contribution in [0.25, 0.3) is 0 Å². The number of carbonyl (C=O) groups is 2. The number of hydrogen-bond acceptors (Lipinski definition) is 9. The van der Waals surface area contributed by atoms with Gasteiger partial charge >= 0.3 is 5.97 Å². The summed E-state index contributed by atoms with van der Waals surface area (Å²) < 4.78 is 11.2. The normalized spacial score (nSPS) is 27.2. The lowest BCUT2D eigenvalue weighted by atomic mass is 9.68. The first-order valence-corrected chi connectivity index (χ1v) is 11.3. The first kappa shape index (κ1) is 24.0. The molecule has 9 nitrogen and oxygen atoms in total. The van der Waals surface area contributed by atoms with E-state index >= 15 is 0 Å². The highest BCUT2D eigenvalue weighted by Crippen LogP contribution is 2.49. The van der Waals surface area contributed by atoms with Crippen LogP contribution < -0.4 is 0 Å². The Balaban J connectivity index is 1.55. The summed E-state index contributed by atoms with van der Waals surface area (Å²) in [5.74, 6) is -2.28. The van der Waals surface area contributed by atoms with Crippen molar-refractivity contribution in [2.24, 2.45) is 0 Å². The van der Waals surface area contributed by atoms with Gasteiger partial charge in [0.25, 0.3) is 0 Å². The third-order valence-corrected chi connectivity index (χ3v) is 6.74. The lowest BCUT2D eigenvalue weighted by molar-refractivity contribution is -0.231. The van der Waals surface area contributed by atoms with E-state index in [1.54, 1.807) is 25.1 Å². The molecule has 3 aromatic rings. The van der Waals surface area contributed by atoms with Gasteiger partial charge in [-0.2, -0.15) is 0 Å². The quantitative estimate of drug-likeness (QED) is 0.343. The minimum atomic E-state index is -2.25. The molecule has 0 aromatic heterocycles. The SMILES string of the molecule is Cc1cc(O)c2c(c1)C(O)(C1OCC(OC(=O)c3ccccc3)C(O)C1O)c1cccc(O)c1C2=O. The fourth-order valence-electron chi connectivity index (χ4n) is 5.03. The van der Waals surface area contributed by atoms with Gasteiger partial charge < -0.3 is 35.0 Å². The Morgan fingerprint density at radius 1 is 0.944 bits per heavy atom. The van der Waals surface area contributed by atoms with Crippen LogP contribution in [0.2, 0.25) is 0 Å². The highest BCUT2D eigenvalue weighted by atomic mass is 16.6. The largest absolute Gasteiger partial charge is 0.507 e. The molecule has 1 aliphatic carbocycles. The van der Waals surface area contributed by atoms with Crippen molar-refractivity contribution >= 4 is 11.8 Å². The molecule has 0 spiro atoms. The number of hydrogen-bond donors (Lipinski definition) is 5. The lowest BCUT2D eigenvalue weighted by Gasteiger charge is -2.47. The number of phenolic OH excluding ortho intramolecular Hbond substituents is 2. The predicted molar refractivity (Wildman–Crippen MR) is 125 cm³/mol. The first-order chi connectivity index (χ1) is 17.1. The van der Waals surface area contributed by atoms with E-state index in [4.69, 9.17) is 9.47 Å². The number of esters is 1.